The first-order chi connectivity index (χ1) is 4.04. The van der Waals surface area contributed by atoms with Gasteiger partial charge in [-0.25, -0.2) is 0 Å². The Kier molecular flexibility index (Phi) is 3.14. The van der Waals surface area contributed by atoms with Gasteiger partial charge in [0.2, 0.25) is 0 Å². The smallest absolute Gasteiger partial charge is 0.0825 e. The number of halogens is 1. The Labute approximate surface area is 68.5 Å². The number of hydrogen-bond donors (Lipinski definition) is 1. The summed E-state index contributed by atoms with van der Waals surface area (Å²) in [5.74, 6) is 0. The highest BCUT2D eigenvalue weighted by Gasteiger charge is 2.49. The van der Waals surface area contributed by atoms with Crippen molar-refractivity contribution in [1.29, 1.82) is 0 Å². The Morgan fingerprint density at radius 2 is 2.00 bits per heavy atom. The highest BCUT2D eigenvalue weighted by atomic mass is 35.5. The third-order valence-corrected chi connectivity index (χ3v) is 1.75. The van der Waals surface area contributed by atoms with Gasteiger partial charge in [-0.15, -0.1) is 12.4 Å². The monoisotopic (exact) mass is 165 g/mol. The largest absolute Gasteiger partial charge is 0.371 e. The highest BCUT2D eigenvalue weighted by Crippen LogP contribution is 2.38. The summed E-state index contributed by atoms with van der Waals surface area (Å²) in [6, 6.07) is 0.278. The molecule has 0 aromatic rings. The van der Waals surface area contributed by atoms with Gasteiger partial charge >= 0.3 is 0 Å². The van der Waals surface area contributed by atoms with Gasteiger partial charge in [0.15, 0.2) is 0 Å². The van der Waals surface area contributed by atoms with Crippen LogP contribution in [0.5, 0.6) is 0 Å². The third kappa shape index (κ3) is 2.11. The quantitative estimate of drug-likeness (QED) is 0.670. The minimum absolute atomic E-state index is 0. The number of ether oxygens (including phenoxy) is 1. The van der Waals surface area contributed by atoms with Crippen LogP contribution in [0.1, 0.15) is 27.2 Å². The van der Waals surface area contributed by atoms with Crippen LogP contribution < -0.4 is 5.73 Å². The molecule has 1 aliphatic rings. The molecule has 0 amide bonds. The summed E-state index contributed by atoms with van der Waals surface area (Å²) >= 11 is 0. The Morgan fingerprint density at radius 3 is 2.10 bits per heavy atom. The topological polar surface area (TPSA) is 35.2 Å². The molecule has 10 heavy (non-hydrogen) atoms. The van der Waals surface area contributed by atoms with E-state index >= 15 is 0 Å². The van der Waals surface area contributed by atoms with Gasteiger partial charge < -0.3 is 10.5 Å². The van der Waals surface area contributed by atoms with Crippen LogP contribution >= 0.6 is 12.4 Å². The first-order valence-electron chi connectivity index (χ1n) is 3.48. The second kappa shape index (κ2) is 3.07. The number of nitrogens with two attached hydrogens (primary N) is 1. The van der Waals surface area contributed by atoms with E-state index in [4.69, 9.17) is 10.5 Å². The van der Waals surface area contributed by atoms with Crippen molar-refractivity contribution in [2.24, 2.45) is 5.73 Å². The van der Waals surface area contributed by atoms with Gasteiger partial charge in [0.25, 0.3) is 0 Å². The zero-order chi connectivity index (χ0) is 7.07. The zero-order valence-corrected chi connectivity index (χ0v) is 7.57. The van der Waals surface area contributed by atoms with E-state index < -0.39 is 0 Å². The van der Waals surface area contributed by atoms with E-state index in [-0.39, 0.29) is 24.0 Å². The van der Waals surface area contributed by atoms with E-state index in [0.29, 0.717) is 6.10 Å². The van der Waals surface area contributed by atoms with Gasteiger partial charge in [-0.05, 0) is 27.2 Å². The molecule has 0 saturated heterocycles. The molecule has 0 bridgehead atoms. The minimum Gasteiger partial charge on any atom is -0.371 e. The first-order valence-corrected chi connectivity index (χ1v) is 3.48. The van der Waals surface area contributed by atoms with Crippen molar-refractivity contribution < 1.29 is 4.74 Å². The molecular weight excluding hydrogens is 150 g/mol. The molecule has 1 fully saturated rings. The van der Waals surface area contributed by atoms with Gasteiger partial charge in [0, 0.05) is 6.04 Å². The molecule has 2 nitrogen and oxygen atoms in total. The van der Waals surface area contributed by atoms with Crippen molar-refractivity contribution in [2.45, 2.75) is 44.9 Å². The average molecular weight is 166 g/mol. The molecule has 3 heteroatoms. The van der Waals surface area contributed by atoms with Crippen LogP contribution in [0.25, 0.3) is 0 Å². The lowest BCUT2D eigenvalue weighted by Gasteiger charge is -2.14. The van der Waals surface area contributed by atoms with Gasteiger partial charge in [-0.2, -0.15) is 0 Å². The fourth-order valence-corrected chi connectivity index (χ4v) is 1.05. The molecule has 1 saturated carbocycles. The Morgan fingerprint density at radius 1 is 1.60 bits per heavy atom. The SMILES string of the molecule is CC(C)O[C@@]1(C)C[C@H]1N.Cl. The van der Waals surface area contributed by atoms with Crippen molar-refractivity contribution in [3.05, 3.63) is 0 Å². The Hall–Kier alpha value is 0.210. The van der Waals surface area contributed by atoms with Crippen molar-refractivity contribution >= 4 is 12.4 Å². The summed E-state index contributed by atoms with van der Waals surface area (Å²) in [4.78, 5) is 0. The van der Waals surface area contributed by atoms with Gasteiger partial charge in [0.05, 0.1) is 11.7 Å². The maximum atomic E-state index is 5.62. The van der Waals surface area contributed by atoms with Gasteiger partial charge in [-0.1, -0.05) is 0 Å². The highest BCUT2D eigenvalue weighted by molar-refractivity contribution is 5.85. The molecule has 1 rings (SSSR count). The van der Waals surface area contributed by atoms with Crippen LogP contribution in [-0.4, -0.2) is 17.7 Å². The zero-order valence-electron chi connectivity index (χ0n) is 6.76. The van der Waals surface area contributed by atoms with Crippen molar-refractivity contribution in [3.8, 4) is 0 Å². The predicted molar refractivity (Wildman–Crippen MR) is 44.5 cm³/mol. The lowest BCUT2D eigenvalue weighted by Crippen LogP contribution is -2.23. The summed E-state index contributed by atoms with van der Waals surface area (Å²) < 4.78 is 5.54. The van der Waals surface area contributed by atoms with E-state index in [1.54, 1.807) is 0 Å². The fourth-order valence-electron chi connectivity index (χ4n) is 1.05. The summed E-state index contributed by atoms with van der Waals surface area (Å²) in [7, 11) is 0. The predicted octanol–water partition coefficient (Wildman–Crippen LogP) is 1.32. The maximum absolute atomic E-state index is 5.62. The molecule has 62 valence electrons. The van der Waals surface area contributed by atoms with Crippen molar-refractivity contribution in [2.75, 3.05) is 0 Å². The fraction of sp³-hybridized carbons (Fsp3) is 1.00. The standard InChI is InChI=1S/C7H15NO.ClH/c1-5(2)9-7(3)4-6(7)8;/h5-6H,4,8H2,1-3H3;1H/t6-,7+;/m1./s1. The Balaban J connectivity index is 0.000000810. The number of hydrogen-bond acceptors (Lipinski definition) is 2. The first kappa shape index (κ1) is 10.2. The van der Waals surface area contributed by atoms with Gasteiger partial charge in [0.1, 0.15) is 0 Å². The van der Waals surface area contributed by atoms with E-state index in [0.717, 1.165) is 6.42 Å². The van der Waals surface area contributed by atoms with Crippen LogP contribution in [0.3, 0.4) is 0 Å². The normalized spacial score (nSPS) is 37.5. The molecule has 2 atom stereocenters. The van der Waals surface area contributed by atoms with Crippen LogP contribution in [0.4, 0.5) is 0 Å². The second-order valence-corrected chi connectivity index (χ2v) is 3.29. The van der Waals surface area contributed by atoms with Gasteiger partial charge in [-0.3, -0.25) is 0 Å². The van der Waals surface area contributed by atoms with Crippen LogP contribution in [-0.2, 0) is 4.74 Å². The van der Waals surface area contributed by atoms with Crippen LogP contribution in [0.2, 0.25) is 0 Å². The molecule has 0 aromatic heterocycles. The van der Waals surface area contributed by atoms with E-state index in [1.807, 2.05) is 13.8 Å². The second-order valence-electron chi connectivity index (χ2n) is 3.29. The third-order valence-electron chi connectivity index (χ3n) is 1.75. The van der Waals surface area contributed by atoms with E-state index in [2.05, 4.69) is 6.92 Å². The summed E-state index contributed by atoms with van der Waals surface area (Å²) in [5.41, 5.74) is 5.63. The Bertz CT molecular complexity index is 118. The summed E-state index contributed by atoms with van der Waals surface area (Å²) in [6.07, 6.45) is 1.33. The van der Waals surface area contributed by atoms with Crippen LogP contribution in [0.15, 0.2) is 0 Å². The summed E-state index contributed by atoms with van der Waals surface area (Å²) in [6.45, 7) is 6.14. The van der Waals surface area contributed by atoms with E-state index in [1.165, 1.54) is 0 Å². The lowest BCUT2D eigenvalue weighted by atomic mass is 10.3. The maximum Gasteiger partial charge on any atom is 0.0825 e. The lowest BCUT2D eigenvalue weighted by molar-refractivity contribution is -0.00271. The van der Waals surface area contributed by atoms with E-state index in [9.17, 15) is 0 Å². The molecule has 0 radical (unpaired) electrons. The molecule has 0 spiro atoms. The molecule has 0 aliphatic heterocycles. The minimum atomic E-state index is 0. The molecule has 0 heterocycles. The molecule has 2 N–H and O–H groups in total. The van der Waals surface area contributed by atoms with Crippen molar-refractivity contribution in [1.82, 2.24) is 0 Å². The van der Waals surface area contributed by atoms with Crippen LogP contribution in [0, 0.1) is 0 Å². The number of rotatable bonds is 2. The van der Waals surface area contributed by atoms with Crippen molar-refractivity contribution in [3.63, 3.8) is 0 Å². The molecule has 0 aromatic carbocycles. The molecular formula is C7H16ClNO. The average Bonchev–Trinajstić information content (AvgIpc) is 2.10. The summed E-state index contributed by atoms with van der Waals surface area (Å²) in [5, 5.41) is 0. The molecule has 1 aliphatic carbocycles. The molecule has 0 unspecified atom stereocenters.